The Bertz CT molecular complexity index is 325. The lowest BCUT2D eigenvalue weighted by molar-refractivity contribution is 0.748. The first-order valence-corrected chi connectivity index (χ1v) is 3.52. The maximum absolute atomic E-state index is 11.1. The first kappa shape index (κ1) is 8.00. The van der Waals surface area contributed by atoms with E-state index < -0.39 is 0 Å². The van der Waals surface area contributed by atoms with Crippen LogP contribution in [-0.4, -0.2) is 14.1 Å². The van der Waals surface area contributed by atoms with Crippen molar-refractivity contribution in [3.63, 3.8) is 0 Å². The molecule has 5 heteroatoms. The number of hydrogen-bond donors (Lipinski definition) is 1. The number of imidazole rings is 1. The molecule has 0 aromatic carbocycles. The number of hydrogen-bond acceptors (Lipinski definition) is 2. The number of thiocarbonyl (C=S) groups is 1. The SMILES string of the molecule is Cn1ccn(CC(N)=S)c1=O. The van der Waals surface area contributed by atoms with Gasteiger partial charge in [-0.05, 0) is 0 Å². The Morgan fingerprint density at radius 1 is 1.73 bits per heavy atom. The first-order valence-electron chi connectivity index (χ1n) is 3.11. The van der Waals surface area contributed by atoms with Gasteiger partial charge in [-0.15, -0.1) is 0 Å². The van der Waals surface area contributed by atoms with Crippen molar-refractivity contribution in [3.8, 4) is 0 Å². The second-order valence-electron chi connectivity index (χ2n) is 2.29. The summed E-state index contributed by atoms with van der Waals surface area (Å²) < 4.78 is 2.93. The average Bonchev–Trinajstić information content (AvgIpc) is 2.18. The molecule has 0 aliphatic rings. The minimum absolute atomic E-state index is 0.0993. The molecule has 0 bridgehead atoms. The molecule has 0 atom stereocenters. The second-order valence-corrected chi connectivity index (χ2v) is 2.81. The van der Waals surface area contributed by atoms with E-state index in [1.807, 2.05) is 0 Å². The molecule has 0 aliphatic heterocycles. The third kappa shape index (κ3) is 1.68. The van der Waals surface area contributed by atoms with Crippen molar-refractivity contribution >= 4 is 17.2 Å². The van der Waals surface area contributed by atoms with Gasteiger partial charge in [-0.1, -0.05) is 12.2 Å². The van der Waals surface area contributed by atoms with E-state index in [1.165, 1.54) is 9.13 Å². The molecule has 11 heavy (non-hydrogen) atoms. The number of nitrogens with two attached hydrogens (primary N) is 1. The van der Waals surface area contributed by atoms with Crippen molar-refractivity contribution in [2.45, 2.75) is 6.54 Å². The van der Waals surface area contributed by atoms with E-state index in [4.69, 9.17) is 5.73 Å². The van der Waals surface area contributed by atoms with Crippen LogP contribution in [0.25, 0.3) is 0 Å². The van der Waals surface area contributed by atoms with Crippen LogP contribution in [0.3, 0.4) is 0 Å². The molecule has 1 heterocycles. The summed E-state index contributed by atoms with van der Waals surface area (Å²) in [5.41, 5.74) is 5.17. The van der Waals surface area contributed by atoms with Crippen LogP contribution in [0.4, 0.5) is 0 Å². The molecule has 0 unspecified atom stereocenters. The lowest BCUT2D eigenvalue weighted by atomic mass is 10.6. The van der Waals surface area contributed by atoms with E-state index in [9.17, 15) is 4.79 Å². The van der Waals surface area contributed by atoms with Crippen LogP contribution in [0.2, 0.25) is 0 Å². The van der Waals surface area contributed by atoms with Crippen molar-refractivity contribution in [3.05, 3.63) is 22.9 Å². The monoisotopic (exact) mass is 171 g/mol. The maximum atomic E-state index is 11.1. The Balaban J connectivity index is 2.97. The Labute approximate surface area is 69.2 Å². The van der Waals surface area contributed by atoms with Gasteiger partial charge in [0.2, 0.25) is 0 Å². The van der Waals surface area contributed by atoms with E-state index in [1.54, 1.807) is 19.4 Å². The number of rotatable bonds is 2. The quantitative estimate of drug-likeness (QED) is 0.609. The largest absolute Gasteiger partial charge is 0.392 e. The van der Waals surface area contributed by atoms with E-state index >= 15 is 0 Å². The van der Waals surface area contributed by atoms with Crippen LogP contribution >= 0.6 is 12.2 Å². The molecular weight excluding hydrogens is 162 g/mol. The summed E-state index contributed by atoms with van der Waals surface area (Å²) >= 11 is 4.66. The summed E-state index contributed by atoms with van der Waals surface area (Å²) in [6, 6.07) is 0. The van der Waals surface area contributed by atoms with Gasteiger partial charge in [-0.25, -0.2) is 4.79 Å². The molecule has 0 spiro atoms. The number of nitrogens with zero attached hydrogens (tertiary/aromatic N) is 2. The highest BCUT2D eigenvalue weighted by molar-refractivity contribution is 7.80. The van der Waals surface area contributed by atoms with Crippen LogP contribution < -0.4 is 11.4 Å². The molecule has 0 radical (unpaired) electrons. The fourth-order valence-electron chi connectivity index (χ4n) is 0.799. The standard InChI is InChI=1S/C6H9N3OS/c1-8-2-3-9(6(8)10)4-5(7)11/h2-3H,4H2,1H3,(H2,7,11). The zero-order valence-corrected chi connectivity index (χ0v) is 6.97. The molecule has 1 rings (SSSR count). The maximum Gasteiger partial charge on any atom is 0.328 e. The van der Waals surface area contributed by atoms with Crippen molar-refractivity contribution in [2.75, 3.05) is 0 Å². The summed E-state index contributed by atoms with van der Waals surface area (Å²) in [6.07, 6.45) is 3.32. The number of aryl methyl sites for hydroxylation is 1. The minimum atomic E-state index is -0.0993. The zero-order chi connectivity index (χ0) is 8.43. The first-order chi connectivity index (χ1) is 5.11. The van der Waals surface area contributed by atoms with Gasteiger partial charge in [-0.2, -0.15) is 0 Å². The molecular formula is C6H9N3OS. The van der Waals surface area contributed by atoms with Gasteiger partial charge in [-0.3, -0.25) is 4.57 Å². The van der Waals surface area contributed by atoms with Crippen molar-refractivity contribution in [1.29, 1.82) is 0 Å². The third-order valence-electron chi connectivity index (χ3n) is 1.34. The van der Waals surface area contributed by atoms with Crippen LogP contribution in [0, 0.1) is 0 Å². The summed E-state index contributed by atoms with van der Waals surface area (Å²) in [6.45, 7) is 0.314. The highest BCUT2D eigenvalue weighted by Gasteiger charge is 1.98. The topological polar surface area (TPSA) is 52.9 Å². The van der Waals surface area contributed by atoms with Gasteiger partial charge in [0, 0.05) is 19.4 Å². The predicted octanol–water partition coefficient (Wildman–Crippen LogP) is -0.527. The van der Waals surface area contributed by atoms with Gasteiger partial charge < -0.3 is 10.3 Å². The fourth-order valence-corrected chi connectivity index (χ4v) is 0.938. The van der Waals surface area contributed by atoms with Crippen LogP contribution in [0.15, 0.2) is 17.2 Å². The van der Waals surface area contributed by atoms with Crippen molar-refractivity contribution in [1.82, 2.24) is 9.13 Å². The van der Waals surface area contributed by atoms with E-state index in [0.717, 1.165) is 0 Å². The van der Waals surface area contributed by atoms with E-state index in [-0.39, 0.29) is 5.69 Å². The molecule has 1 aromatic heterocycles. The van der Waals surface area contributed by atoms with Gasteiger partial charge in [0.25, 0.3) is 0 Å². The Kier molecular flexibility index (Phi) is 2.09. The Morgan fingerprint density at radius 3 is 2.73 bits per heavy atom. The summed E-state index contributed by atoms with van der Waals surface area (Å²) in [5.74, 6) is 0. The molecule has 0 saturated heterocycles. The average molecular weight is 171 g/mol. The zero-order valence-electron chi connectivity index (χ0n) is 6.15. The van der Waals surface area contributed by atoms with Crippen LogP contribution in [0.5, 0.6) is 0 Å². The molecule has 0 aliphatic carbocycles. The highest BCUT2D eigenvalue weighted by atomic mass is 32.1. The minimum Gasteiger partial charge on any atom is -0.392 e. The predicted molar refractivity (Wildman–Crippen MR) is 46.5 cm³/mol. The van der Waals surface area contributed by atoms with E-state index in [0.29, 0.717) is 11.5 Å². The lowest BCUT2D eigenvalue weighted by Crippen LogP contribution is -2.27. The number of aromatic nitrogens is 2. The molecule has 0 saturated carbocycles. The summed E-state index contributed by atoms with van der Waals surface area (Å²) in [4.78, 5) is 11.4. The van der Waals surface area contributed by atoms with Gasteiger partial charge >= 0.3 is 5.69 Å². The molecule has 2 N–H and O–H groups in total. The smallest absolute Gasteiger partial charge is 0.328 e. The molecule has 0 amide bonds. The molecule has 0 fully saturated rings. The second kappa shape index (κ2) is 2.87. The summed E-state index contributed by atoms with van der Waals surface area (Å²) in [7, 11) is 1.68. The van der Waals surface area contributed by atoms with Crippen LogP contribution in [-0.2, 0) is 13.6 Å². The Morgan fingerprint density at radius 2 is 2.36 bits per heavy atom. The highest BCUT2D eigenvalue weighted by Crippen LogP contribution is 1.81. The van der Waals surface area contributed by atoms with Gasteiger partial charge in [0.15, 0.2) is 0 Å². The third-order valence-corrected chi connectivity index (χ3v) is 1.47. The summed E-state index contributed by atoms with van der Waals surface area (Å²) in [5, 5.41) is 0. The van der Waals surface area contributed by atoms with Crippen molar-refractivity contribution in [2.24, 2.45) is 12.8 Å². The van der Waals surface area contributed by atoms with E-state index in [2.05, 4.69) is 12.2 Å². The molecule has 4 nitrogen and oxygen atoms in total. The molecule has 60 valence electrons. The lowest BCUT2D eigenvalue weighted by Gasteiger charge is -1.96. The van der Waals surface area contributed by atoms with Gasteiger partial charge in [0.05, 0.1) is 11.5 Å². The van der Waals surface area contributed by atoms with Crippen molar-refractivity contribution < 1.29 is 0 Å². The van der Waals surface area contributed by atoms with Gasteiger partial charge in [0.1, 0.15) is 0 Å². The molecule has 1 aromatic rings. The normalized spacial score (nSPS) is 9.91. The van der Waals surface area contributed by atoms with Crippen LogP contribution in [0.1, 0.15) is 0 Å². The Hall–Kier alpha value is -1.10. The fraction of sp³-hybridized carbons (Fsp3) is 0.333.